The topological polar surface area (TPSA) is 26.3 Å². The fraction of sp³-hybridized carbons (Fsp3) is 0.417. The van der Waals surface area contributed by atoms with Crippen molar-refractivity contribution in [3.63, 3.8) is 0 Å². The third-order valence-electron chi connectivity index (χ3n) is 2.41. The number of ether oxygens (including phenoxy) is 1. The molecule has 18 heavy (non-hydrogen) atoms. The molecule has 0 aliphatic rings. The molecule has 0 saturated carbocycles. The van der Waals surface area contributed by atoms with Gasteiger partial charge in [-0.05, 0) is 26.0 Å². The number of hydrogen-bond donors (Lipinski definition) is 0. The SMILES string of the molecule is CCOC(=O)C(C)(F)c1ccc(C(F)(F)F)cc1. The van der Waals surface area contributed by atoms with Crippen LogP contribution >= 0.6 is 0 Å². The predicted molar refractivity (Wildman–Crippen MR) is 56.5 cm³/mol. The maximum absolute atomic E-state index is 14.1. The van der Waals surface area contributed by atoms with Gasteiger partial charge in [0.1, 0.15) is 0 Å². The highest BCUT2D eigenvalue weighted by Crippen LogP contribution is 2.32. The molecule has 0 heterocycles. The van der Waals surface area contributed by atoms with Gasteiger partial charge in [0.15, 0.2) is 0 Å². The highest BCUT2D eigenvalue weighted by Gasteiger charge is 2.38. The van der Waals surface area contributed by atoms with E-state index in [4.69, 9.17) is 0 Å². The van der Waals surface area contributed by atoms with Crippen molar-refractivity contribution in [1.29, 1.82) is 0 Å². The van der Waals surface area contributed by atoms with E-state index >= 15 is 0 Å². The Morgan fingerprint density at radius 2 is 1.56 bits per heavy atom. The number of alkyl halides is 4. The van der Waals surface area contributed by atoms with Gasteiger partial charge in [-0.15, -0.1) is 0 Å². The second-order valence-corrected chi connectivity index (χ2v) is 3.80. The number of hydrogen-bond acceptors (Lipinski definition) is 2. The van der Waals surface area contributed by atoms with Crippen molar-refractivity contribution in [3.8, 4) is 0 Å². The minimum atomic E-state index is -4.49. The van der Waals surface area contributed by atoms with Crippen LogP contribution in [0.15, 0.2) is 24.3 Å². The van der Waals surface area contributed by atoms with Crippen molar-refractivity contribution in [3.05, 3.63) is 35.4 Å². The lowest BCUT2D eigenvalue weighted by Crippen LogP contribution is -2.29. The maximum Gasteiger partial charge on any atom is 0.416 e. The van der Waals surface area contributed by atoms with E-state index in [-0.39, 0.29) is 12.2 Å². The molecule has 0 N–H and O–H groups in total. The van der Waals surface area contributed by atoms with Crippen LogP contribution in [0, 0.1) is 0 Å². The molecule has 100 valence electrons. The number of carbonyl (C=O) groups excluding carboxylic acids is 1. The summed E-state index contributed by atoms with van der Waals surface area (Å²) >= 11 is 0. The van der Waals surface area contributed by atoms with E-state index in [0.29, 0.717) is 0 Å². The second kappa shape index (κ2) is 4.96. The minimum absolute atomic E-state index is 0.00101. The predicted octanol–water partition coefficient (Wildman–Crippen LogP) is 3.45. The zero-order valence-corrected chi connectivity index (χ0v) is 9.84. The Bertz CT molecular complexity index is 421. The molecule has 0 bridgehead atoms. The number of rotatable bonds is 3. The Morgan fingerprint density at radius 1 is 1.11 bits per heavy atom. The zero-order chi connectivity index (χ0) is 14.0. The average Bonchev–Trinajstić information content (AvgIpc) is 2.28. The van der Waals surface area contributed by atoms with Crippen LogP contribution in [-0.2, 0) is 21.4 Å². The van der Waals surface area contributed by atoms with Crippen molar-refractivity contribution in [2.75, 3.05) is 6.61 Å². The molecule has 1 aromatic rings. The molecular formula is C12H12F4O2. The molecule has 6 heteroatoms. The molecule has 1 aromatic carbocycles. The van der Waals surface area contributed by atoms with Crippen molar-refractivity contribution < 1.29 is 27.1 Å². The van der Waals surface area contributed by atoms with E-state index < -0.39 is 23.4 Å². The summed E-state index contributed by atoms with van der Waals surface area (Å²) in [6, 6.07) is 3.32. The molecular weight excluding hydrogens is 252 g/mol. The van der Waals surface area contributed by atoms with E-state index in [9.17, 15) is 22.4 Å². The van der Waals surface area contributed by atoms with Crippen molar-refractivity contribution in [1.82, 2.24) is 0 Å². The quantitative estimate of drug-likeness (QED) is 0.617. The first-order chi connectivity index (χ1) is 8.19. The Morgan fingerprint density at radius 3 is 1.94 bits per heavy atom. The summed E-state index contributed by atoms with van der Waals surface area (Å²) in [5.41, 5.74) is -3.53. The van der Waals surface area contributed by atoms with Gasteiger partial charge in [0.2, 0.25) is 5.67 Å². The molecule has 1 atom stereocenters. The van der Waals surface area contributed by atoms with Crippen LogP contribution < -0.4 is 0 Å². The fourth-order valence-corrected chi connectivity index (χ4v) is 1.36. The lowest BCUT2D eigenvalue weighted by atomic mass is 9.97. The van der Waals surface area contributed by atoms with Crippen LogP contribution in [0.3, 0.4) is 0 Å². The summed E-state index contributed by atoms with van der Waals surface area (Å²) < 4.78 is 55.5. The highest BCUT2D eigenvalue weighted by atomic mass is 19.4. The van der Waals surface area contributed by atoms with E-state index in [0.717, 1.165) is 31.2 Å². The highest BCUT2D eigenvalue weighted by molar-refractivity contribution is 5.80. The van der Waals surface area contributed by atoms with Crippen LogP contribution in [0.25, 0.3) is 0 Å². The third-order valence-corrected chi connectivity index (χ3v) is 2.41. The van der Waals surface area contributed by atoms with Crippen molar-refractivity contribution >= 4 is 5.97 Å². The Labute approximate surface area is 102 Å². The van der Waals surface area contributed by atoms with Crippen LogP contribution in [0.4, 0.5) is 17.6 Å². The molecule has 0 spiro atoms. The fourth-order valence-electron chi connectivity index (χ4n) is 1.36. The average molecular weight is 264 g/mol. The molecule has 0 aliphatic heterocycles. The molecule has 0 fully saturated rings. The maximum atomic E-state index is 14.1. The van der Waals surface area contributed by atoms with Gasteiger partial charge < -0.3 is 4.74 Å². The van der Waals surface area contributed by atoms with Gasteiger partial charge in [0.05, 0.1) is 12.2 Å². The van der Waals surface area contributed by atoms with Crippen LogP contribution in [0.2, 0.25) is 0 Å². The first-order valence-electron chi connectivity index (χ1n) is 5.23. The molecule has 0 saturated heterocycles. The van der Waals surface area contributed by atoms with Gasteiger partial charge in [-0.25, -0.2) is 9.18 Å². The lowest BCUT2D eigenvalue weighted by Gasteiger charge is -2.19. The summed E-state index contributed by atoms with van der Waals surface area (Å²) in [6.07, 6.45) is -4.49. The van der Waals surface area contributed by atoms with Crippen LogP contribution in [0.5, 0.6) is 0 Å². The van der Waals surface area contributed by atoms with E-state index in [1.165, 1.54) is 6.92 Å². The van der Waals surface area contributed by atoms with E-state index in [1.807, 2.05) is 0 Å². The van der Waals surface area contributed by atoms with Gasteiger partial charge in [-0.3, -0.25) is 0 Å². The summed E-state index contributed by atoms with van der Waals surface area (Å²) in [5.74, 6) is -1.12. The standard InChI is InChI=1S/C12H12F4O2/c1-3-18-10(17)11(2,13)8-4-6-9(7-5-8)12(14,15)16/h4-7H,3H2,1-2H3. The summed E-state index contributed by atoms with van der Waals surface area (Å²) in [6.45, 7) is 2.47. The first-order valence-corrected chi connectivity index (χ1v) is 5.23. The van der Waals surface area contributed by atoms with Gasteiger partial charge in [-0.2, -0.15) is 13.2 Å². The van der Waals surface area contributed by atoms with Gasteiger partial charge in [-0.1, -0.05) is 12.1 Å². The van der Waals surface area contributed by atoms with Gasteiger partial charge in [0, 0.05) is 5.56 Å². The number of carbonyl (C=O) groups is 1. The number of halogens is 4. The molecule has 0 amide bonds. The monoisotopic (exact) mass is 264 g/mol. The van der Waals surface area contributed by atoms with E-state index in [1.54, 1.807) is 0 Å². The minimum Gasteiger partial charge on any atom is -0.463 e. The van der Waals surface area contributed by atoms with Crippen molar-refractivity contribution in [2.45, 2.75) is 25.7 Å². The molecule has 0 aromatic heterocycles. The molecule has 2 nitrogen and oxygen atoms in total. The van der Waals surface area contributed by atoms with Gasteiger partial charge >= 0.3 is 12.1 Å². The Balaban J connectivity index is 3.01. The first kappa shape index (κ1) is 14.5. The summed E-state index contributed by atoms with van der Waals surface area (Å²) in [4.78, 5) is 11.3. The normalized spacial score (nSPS) is 15.0. The Hall–Kier alpha value is -1.59. The lowest BCUT2D eigenvalue weighted by molar-refractivity contribution is -0.156. The largest absolute Gasteiger partial charge is 0.463 e. The number of esters is 1. The second-order valence-electron chi connectivity index (χ2n) is 3.80. The summed E-state index contributed by atoms with van der Waals surface area (Å²) in [7, 11) is 0. The Kier molecular flexibility index (Phi) is 3.98. The zero-order valence-electron chi connectivity index (χ0n) is 9.84. The van der Waals surface area contributed by atoms with Crippen LogP contribution in [0.1, 0.15) is 25.0 Å². The van der Waals surface area contributed by atoms with E-state index in [2.05, 4.69) is 4.74 Å². The molecule has 0 aliphatic carbocycles. The molecule has 1 unspecified atom stereocenters. The molecule has 0 radical (unpaired) electrons. The number of benzene rings is 1. The molecule has 1 rings (SSSR count). The third kappa shape index (κ3) is 3.00. The summed E-state index contributed by atoms with van der Waals surface area (Å²) in [5, 5.41) is 0. The van der Waals surface area contributed by atoms with Crippen molar-refractivity contribution in [2.24, 2.45) is 0 Å². The van der Waals surface area contributed by atoms with Crippen LogP contribution in [-0.4, -0.2) is 12.6 Å². The smallest absolute Gasteiger partial charge is 0.416 e. The van der Waals surface area contributed by atoms with Gasteiger partial charge in [0.25, 0.3) is 0 Å².